The van der Waals surface area contributed by atoms with Crippen molar-refractivity contribution in [3.8, 4) is 5.75 Å². The molecule has 0 aliphatic rings. The highest BCUT2D eigenvalue weighted by atomic mass is 35.5. The highest BCUT2D eigenvalue weighted by Crippen LogP contribution is 2.16. The van der Waals surface area contributed by atoms with Gasteiger partial charge in [0, 0.05) is 11.4 Å². The number of carbonyl (C=O) groups excluding carboxylic acids is 1. The number of hydrogen-bond donors (Lipinski definition) is 0. The van der Waals surface area contributed by atoms with Crippen molar-refractivity contribution in [3.05, 3.63) is 36.2 Å². The minimum absolute atomic E-state index is 0.226. The molecule has 0 aliphatic heterocycles. The van der Waals surface area contributed by atoms with Gasteiger partial charge in [-0.25, -0.2) is 0 Å². The van der Waals surface area contributed by atoms with Crippen molar-refractivity contribution in [3.63, 3.8) is 0 Å². The molecule has 0 amide bonds. The summed E-state index contributed by atoms with van der Waals surface area (Å²) in [6.07, 6.45) is 1.91. The number of esters is 1. The Hall–Kier alpha value is -1.02. The van der Waals surface area contributed by atoms with Gasteiger partial charge in [-0.15, -0.1) is 0 Å². The Balaban J connectivity index is 2.44. The molecule has 0 aliphatic carbocycles. The first-order chi connectivity index (χ1) is 6.72. The number of halogens is 1. The first-order valence-corrected chi connectivity index (χ1v) is 4.85. The molecule has 3 heteroatoms. The monoisotopic (exact) mass is 211 g/mol. The molecular formula is C11H12ClO2. The molecule has 0 atom stereocenters. The molecule has 1 radical (unpaired) electrons. The molecule has 0 bridgehead atoms. The third-order valence-electron chi connectivity index (χ3n) is 1.68. The summed E-state index contributed by atoms with van der Waals surface area (Å²) >= 11 is 5.68. The zero-order chi connectivity index (χ0) is 10.4. The van der Waals surface area contributed by atoms with Gasteiger partial charge in [-0.1, -0.05) is 24.9 Å². The number of hydrogen-bond acceptors (Lipinski definition) is 2. The van der Waals surface area contributed by atoms with Crippen molar-refractivity contribution in [2.45, 2.75) is 19.3 Å². The predicted octanol–water partition coefficient (Wildman–Crippen LogP) is 3.25. The fraction of sp³-hybridized carbons (Fsp3) is 0.273. The van der Waals surface area contributed by atoms with E-state index in [1.54, 1.807) is 24.3 Å². The Morgan fingerprint density at radius 3 is 2.57 bits per heavy atom. The zero-order valence-corrected chi connectivity index (χ0v) is 8.59. The van der Waals surface area contributed by atoms with Crippen LogP contribution in [0.3, 0.4) is 0 Å². The van der Waals surface area contributed by atoms with Crippen molar-refractivity contribution in [1.29, 1.82) is 0 Å². The van der Waals surface area contributed by atoms with Crippen molar-refractivity contribution in [2.24, 2.45) is 0 Å². The standard InChI is InChI=1S/C11H12ClO2/c1-2-3-4-11(13)14-10-7-5-9(12)6-8-10/h5-8H,1-4H2. The fourth-order valence-corrected chi connectivity index (χ4v) is 1.08. The summed E-state index contributed by atoms with van der Waals surface area (Å²) < 4.78 is 5.05. The maximum atomic E-state index is 11.2. The van der Waals surface area contributed by atoms with Crippen LogP contribution in [0.1, 0.15) is 19.3 Å². The molecule has 0 aromatic heterocycles. The van der Waals surface area contributed by atoms with Gasteiger partial charge >= 0.3 is 5.97 Å². The summed E-state index contributed by atoms with van der Waals surface area (Å²) in [7, 11) is 0. The normalized spacial score (nSPS) is 9.86. The number of unbranched alkanes of at least 4 members (excludes halogenated alkanes) is 1. The van der Waals surface area contributed by atoms with Gasteiger partial charge in [-0.2, -0.15) is 0 Å². The molecule has 0 spiro atoms. The smallest absolute Gasteiger partial charge is 0.311 e. The van der Waals surface area contributed by atoms with Gasteiger partial charge in [0.15, 0.2) is 0 Å². The molecule has 0 fully saturated rings. The quantitative estimate of drug-likeness (QED) is 0.565. The van der Waals surface area contributed by atoms with Crippen LogP contribution in [0.4, 0.5) is 0 Å². The second-order valence-corrected chi connectivity index (χ2v) is 3.32. The molecular weight excluding hydrogens is 200 g/mol. The molecule has 2 nitrogen and oxygen atoms in total. The molecule has 1 aromatic rings. The van der Waals surface area contributed by atoms with Crippen molar-refractivity contribution < 1.29 is 9.53 Å². The summed E-state index contributed by atoms with van der Waals surface area (Å²) in [4.78, 5) is 11.2. The van der Waals surface area contributed by atoms with Gasteiger partial charge < -0.3 is 4.74 Å². The van der Waals surface area contributed by atoms with E-state index in [4.69, 9.17) is 16.3 Å². The predicted molar refractivity (Wildman–Crippen MR) is 56.3 cm³/mol. The maximum Gasteiger partial charge on any atom is 0.311 e. The van der Waals surface area contributed by atoms with Gasteiger partial charge in [0.25, 0.3) is 0 Å². The molecule has 0 N–H and O–H groups in total. The van der Waals surface area contributed by atoms with Crippen LogP contribution < -0.4 is 4.74 Å². The molecule has 75 valence electrons. The van der Waals surface area contributed by atoms with E-state index in [0.717, 1.165) is 12.8 Å². The summed E-state index contributed by atoms with van der Waals surface area (Å²) in [5, 5.41) is 0.627. The number of benzene rings is 1. The topological polar surface area (TPSA) is 26.3 Å². The number of ether oxygens (including phenoxy) is 1. The van der Waals surface area contributed by atoms with Gasteiger partial charge in [0.2, 0.25) is 0 Å². The lowest BCUT2D eigenvalue weighted by Crippen LogP contribution is -2.06. The summed E-state index contributed by atoms with van der Waals surface area (Å²) in [6, 6.07) is 6.71. The molecule has 1 rings (SSSR count). The van der Waals surface area contributed by atoms with Crippen LogP contribution in [0.5, 0.6) is 5.75 Å². The third kappa shape index (κ3) is 3.79. The second-order valence-electron chi connectivity index (χ2n) is 2.89. The Morgan fingerprint density at radius 2 is 2.00 bits per heavy atom. The Labute approximate surface area is 88.8 Å². The molecule has 0 saturated carbocycles. The summed E-state index contributed by atoms with van der Waals surface area (Å²) in [5.41, 5.74) is 0. The molecule has 14 heavy (non-hydrogen) atoms. The number of rotatable bonds is 4. The summed E-state index contributed by atoms with van der Waals surface area (Å²) in [6.45, 7) is 3.65. The fourth-order valence-electron chi connectivity index (χ4n) is 0.954. The minimum Gasteiger partial charge on any atom is -0.427 e. The first-order valence-electron chi connectivity index (χ1n) is 4.48. The Kier molecular flexibility index (Phi) is 4.47. The zero-order valence-electron chi connectivity index (χ0n) is 7.83. The molecule has 0 unspecified atom stereocenters. The van der Waals surface area contributed by atoms with Crippen LogP contribution in [-0.2, 0) is 4.79 Å². The van der Waals surface area contributed by atoms with E-state index in [9.17, 15) is 4.79 Å². The average molecular weight is 212 g/mol. The van der Waals surface area contributed by atoms with Gasteiger partial charge in [-0.05, 0) is 30.7 Å². The van der Waals surface area contributed by atoms with E-state index in [-0.39, 0.29) is 5.97 Å². The van der Waals surface area contributed by atoms with E-state index >= 15 is 0 Å². The second kappa shape index (κ2) is 5.66. The van der Waals surface area contributed by atoms with Crippen molar-refractivity contribution in [2.75, 3.05) is 0 Å². The van der Waals surface area contributed by atoms with E-state index in [2.05, 4.69) is 6.92 Å². The molecule has 1 aromatic carbocycles. The van der Waals surface area contributed by atoms with Crippen molar-refractivity contribution in [1.82, 2.24) is 0 Å². The SMILES string of the molecule is [CH2]CCCC(=O)Oc1ccc(Cl)cc1. The van der Waals surface area contributed by atoms with Crippen LogP contribution in [0, 0.1) is 6.92 Å². The lowest BCUT2D eigenvalue weighted by atomic mass is 10.2. The van der Waals surface area contributed by atoms with Crippen LogP contribution in [0.15, 0.2) is 24.3 Å². The summed E-state index contributed by atoms with van der Waals surface area (Å²) in [5.74, 6) is 0.305. The third-order valence-corrected chi connectivity index (χ3v) is 1.93. The van der Waals surface area contributed by atoms with E-state index in [1.165, 1.54) is 0 Å². The van der Waals surface area contributed by atoms with Crippen LogP contribution in [0.25, 0.3) is 0 Å². The largest absolute Gasteiger partial charge is 0.427 e. The average Bonchev–Trinajstić information content (AvgIpc) is 2.18. The molecule has 0 saturated heterocycles. The van der Waals surface area contributed by atoms with Crippen molar-refractivity contribution >= 4 is 17.6 Å². The lowest BCUT2D eigenvalue weighted by molar-refractivity contribution is -0.134. The Bertz CT molecular complexity index is 293. The highest BCUT2D eigenvalue weighted by Gasteiger charge is 2.03. The van der Waals surface area contributed by atoms with Gasteiger partial charge in [0.05, 0.1) is 0 Å². The van der Waals surface area contributed by atoms with Gasteiger partial charge in [-0.3, -0.25) is 4.79 Å². The van der Waals surface area contributed by atoms with Crippen LogP contribution in [-0.4, -0.2) is 5.97 Å². The van der Waals surface area contributed by atoms with Gasteiger partial charge in [0.1, 0.15) is 5.75 Å². The first kappa shape index (κ1) is 11.1. The lowest BCUT2D eigenvalue weighted by Gasteiger charge is -2.02. The maximum absolute atomic E-state index is 11.2. The highest BCUT2D eigenvalue weighted by molar-refractivity contribution is 6.30. The minimum atomic E-state index is -0.226. The number of carbonyl (C=O) groups is 1. The molecule has 0 heterocycles. The van der Waals surface area contributed by atoms with Crippen LogP contribution >= 0.6 is 11.6 Å². The Morgan fingerprint density at radius 1 is 1.36 bits per heavy atom. The van der Waals surface area contributed by atoms with E-state index in [1.807, 2.05) is 0 Å². The van der Waals surface area contributed by atoms with E-state index < -0.39 is 0 Å². The van der Waals surface area contributed by atoms with E-state index in [0.29, 0.717) is 17.2 Å². The van der Waals surface area contributed by atoms with Crippen LogP contribution in [0.2, 0.25) is 5.02 Å².